The lowest BCUT2D eigenvalue weighted by molar-refractivity contribution is -0.123. The van der Waals surface area contributed by atoms with Crippen LogP contribution in [-0.4, -0.2) is 23.5 Å². The topological polar surface area (TPSA) is 79.5 Å². The number of benzene rings is 1. The summed E-state index contributed by atoms with van der Waals surface area (Å²) in [6.45, 7) is -0.258. The van der Waals surface area contributed by atoms with E-state index in [9.17, 15) is 9.59 Å². The second-order valence-corrected chi connectivity index (χ2v) is 6.35. The lowest BCUT2D eigenvalue weighted by atomic mass is 10.3. The van der Waals surface area contributed by atoms with Gasteiger partial charge in [0.1, 0.15) is 5.75 Å². The Morgan fingerprint density at radius 1 is 1.20 bits per heavy atom. The Morgan fingerprint density at radius 2 is 2.00 bits per heavy atom. The van der Waals surface area contributed by atoms with Crippen molar-refractivity contribution in [2.24, 2.45) is 0 Å². The van der Waals surface area contributed by atoms with Gasteiger partial charge < -0.3 is 4.74 Å². The van der Waals surface area contributed by atoms with Crippen molar-refractivity contribution in [2.75, 3.05) is 6.61 Å². The summed E-state index contributed by atoms with van der Waals surface area (Å²) in [5.74, 6) is -0.493. The van der Waals surface area contributed by atoms with E-state index in [1.165, 1.54) is 17.4 Å². The van der Waals surface area contributed by atoms with E-state index in [1.54, 1.807) is 30.3 Å². The highest BCUT2D eigenvalue weighted by Crippen LogP contribution is 2.22. The summed E-state index contributed by atoms with van der Waals surface area (Å²) in [4.78, 5) is 24.3. The van der Waals surface area contributed by atoms with Gasteiger partial charge in [0.05, 0.1) is 5.02 Å². The number of thiocarbonyl (C=S) groups is 1. The molecule has 0 unspecified atom stereocenters. The van der Waals surface area contributed by atoms with Crippen molar-refractivity contribution in [2.45, 2.75) is 0 Å². The number of nitrogens with one attached hydrogen (secondary N) is 3. The molecule has 2 aromatic rings. The second kappa shape index (κ2) is 9.77. The lowest BCUT2D eigenvalue weighted by Gasteiger charge is -2.11. The van der Waals surface area contributed by atoms with Gasteiger partial charge in [-0.15, -0.1) is 11.3 Å². The molecule has 0 atom stereocenters. The zero-order valence-electron chi connectivity index (χ0n) is 12.8. The van der Waals surface area contributed by atoms with Gasteiger partial charge in [0.15, 0.2) is 11.7 Å². The van der Waals surface area contributed by atoms with Crippen molar-refractivity contribution in [1.82, 2.24) is 16.2 Å². The molecule has 9 heteroatoms. The quantitative estimate of drug-likeness (QED) is 0.412. The molecule has 1 heterocycles. The van der Waals surface area contributed by atoms with Crippen LogP contribution in [0.1, 0.15) is 4.88 Å². The number of carbonyl (C=O) groups is 2. The molecule has 0 aliphatic heterocycles. The van der Waals surface area contributed by atoms with Crippen LogP contribution in [0.2, 0.25) is 5.02 Å². The summed E-state index contributed by atoms with van der Waals surface area (Å²) in [6.07, 6.45) is 3.01. The highest BCUT2D eigenvalue weighted by atomic mass is 35.5. The Morgan fingerprint density at radius 3 is 2.72 bits per heavy atom. The Bertz CT molecular complexity index is 779. The maximum absolute atomic E-state index is 11.7. The van der Waals surface area contributed by atoms with Crippen molar-refractivity contribution in [3.8, 4) is 5.75 Å². The molecule has 6 nitrogen and oxygen atoms in total. The molecule has 0 fully saturated rings. The molecule has 0 aliphatic rings. The van der Waals surface area contributed by atoms with Crippen molar-refractivity contribution < 1.29 is 14.3 Å². The van der Waals surface area contributed by atoms with Gasteiger partial charge >= 0.3 is 0 Å². The fourth-order valence-electron chi connectivity index (χ4n) is 1.60. The van der Waals surface area contributed by atoms with Crippen molar-refractivity contribution in [3.63, 3.8) is 0 Å². The first-order valence-electron chi connectivity index (χ1n) is 7.03. The minimum atomic E-state index is -0.481. The number of carbonyl (C=O) groups excluding carboxylic acids is 2. The first-order chi connectivity index (χ1) is 12.0. The first-order valence-corrected chi connectivity index (χ1v) is 8.70. The minimum absolute atomic E-state index is 0.0353. The maximum Gasteiger partial charge on any atom is 0.276 e. The molecule has 3 N–H and O–H groups in total. The molecule has 0 saturated heterocycles. The lowest BCUT2D eigenvalue weighted by Crippen LogP contribution is -2.49. The first kappa shape index (κ1) is 18.9. The molecule has 1 aromatic carbocycles. The van der Waals surface area contributed by atoms with Gasteiger partial charge in [-0.2, -0.15) is 0 Å². The second-order valence-electron chi connectivity index (χ2n) is 4.56. The fraction of sp³-hybridized carbons (Fsp3) is 0.0625. The molecular formula is C16H14ClN3O3S2. The Labute approximate surface area is 158 Å². The maximum atomic E-state index is 11.7. The van der Waals surface area contributed by atoms with Crippen molar-refractivity contribution >= 4 is 58.2 Å². The molecule has 130 valence electrons. The number of thiophene rings is 1. The van der Waals surface area contributed by atoms with E-state index in [1.807, 2.05) is 17.5 Å². The highest BCUT2D eigenvalue weighted by molar-refractivity contribution is 7.80. The van der Waals surface area contributed by atoms with Crippen LogP contribution in [-0.2, 0) is 9.59 Å². The number of amides is 2. The molecule has 0 saturated carbocycles. The number of para-hydroxylation sites is 1. The summed E-state index contributed by atoms with van der Waals surface area (Å²) in [5, 5.41) is 4.68. The number of hydrazine groups is 1. The van der Waals surface area contributed by atoms with E-state index >= 15 is 0 Å². The highest BCUT2D eigenvalue weighted by Gasteiger charge is 2.06. The molecule has 0 spiro atoms. The smallest absolute Gasteiger partial charge is 0.276 e. The SMILES string of the molecule is O=C(/C=C/c1cccs1)NC(=S)NNC(=O)COc1ccccc1Cl. The average molecular weight is 396 g/mol. The Hall–Kier alpha value is -2.42. The van der Waals surface area contributed by atoms with Gasteiger partial charge in [0.25, 0.3) is 5.91 Å². The number of ether oxygens (including phenoxy) is 1. The number of hydrogen-bond acceptors (Lipinski definition) is 5. The summed E-state index contributed by atoms with van der Waals surface area (Å²) >= 11 is 12.3. The van der Waals surface area contributed by atoms with Crippen LogP contribution >= 0.6 is 35.2 Å². The van der Waals surface area contributed by atoms with Gasteiger partial charge in [-0.3, -0.25) is 25.8 Å². The molecule has 2 amide bonds. The van der Waals surface area contributed by atoms with Gasteiger partial charge in [0.2, 0.25) is 5.91 Å². The number of halogens is 1. The molecule has 1 aromatic heterocycles. The van der Waals surface area contributed by atoms with E-state index < -0.39 is 11.8 Å². The van der Waals surface area contributed by atoms with E-state index in [4.69, 9.17) is 28.6 Å². The minimum Gasteiger partial charge on any atom is -0.482 e. The summed E-state index contributed by atoms with van der Waals surface area (Å²) in [7, 11) is 0. The zero-order chi connectivity index (χ0) is 18.1. The monoisotopic (exact) mass is 395 g/mol. The van der Waals surface area contributed by atoms with Crippen LogP contribution in [0.4, 0.5) is 0 Å². The van der Waals surface area contributed by atoms with Gasteiger partial charge in [0, 0.05) is 11.0 Å². The Kier molecular flexibility index (Phi) is 7.39. The van der Waals surface area contributed by atoms with Gasteiger partial charge in [-0.1, -0.05) is 29.8 Å². The standard InChI is InChI=1S/C16H14ClN3O3S2/c17-12-5-1-2-6-13(12)23-10-15(22)19-20-16(24)18-14(21)8-7-11-4-3-9-25-11/h1-9H,10H2,(H,19,22)(H2,18,20,21,24)/b8-7+. The fourth-order valence-corrected chi connectivity index (χ4v) is 2.56. The van der Waals surface area contributed by atoms with Crippen LogP contribution in [0.3, 0.4) is 0 Å². The summed E-state index contributed by atoms with van der Waals surface area (Å²) in [5.41, 5.74) is 4.73. The van der Waals surface area contributed by atoms with Crippen LogP contribution in [0, 0.1) is 0 Å². The van der Waals surface area contributed by atoms with Crippen LogP contribution < -0.4 is 20.9 Å². The average Bonchev–Trinajstić information content (AvgIpc) is 3.11. The van der Waals surface area contributed by atoms with E-state index in [2.05, 4.69) is 16.2 Å². The van der Waals surface area contributed by atoms with Crippen molar-refractivity contribution in [3.05, 3.63) is 57.8 Å². The molecular weight excluding hydrogens is 382 g/mol. The van der Waals surface area contributed by atoms with Gasteiger partial charge in [-0.05, 0) is 41.9 Å². The largest absolute Gasteiger partial charge is 0.482 e. The van der Waals surface area contributed by atoms with Crippen LogP contribution in [0.25, 0.3) is 6.08 Å². The van der Waals surface area contributed by atoms with E-state index in [-0.39, 0.29) is 11.7 Å². The number of hydrogen-bond donors (Lipinski definition) is 3. The summed E-state index contributed by atoms with van der Waals surface area (Å²) < 4.78 is 5.27. The van der Waals surface area contributed by atoms with Crippen LogP contribution in [0.5, 0.6) is 5.75 Å². The van der Waals surface area contributed by atoms with Crippen molar-refractivity contribution in [1.29, 1.82) is 0 Å². The van der Waals surface area contributed by atoms with Gasteiger partial charge in [-0.25, -0.2) is 0 Å². The predicted octanol–water partition coefficient (Wildman–Crippen LogP) is 2.52. The molecule has 0 radical (unpaired) electrons. The molecule has 0 bridgehead atoms. The number of rotatable bonds is 5. The molecule has 2 rings (SSSR count). The molecule has 0 aliphatic carbocycles. The predicted molar refractivity (Wildman–Crippen MR) is 102 cm³/mol. The molecule has 25 heavy (non-hydrogen) atoms. The van der Waals surface area contributed by atoms with Crippen LogP contribution in [0.15, 0.2) is 47.9 Å². The zero-order valence-corrected chi connectivity index (χ0v) is 15.2. The normalized spacial score (nSPS) is 10.3. The third kappa shape index (κ3) is 6.92. The van der Waals surface area contributed by atoms with E-state index in [0.717, 1.165) is 4.88 Å². The Balaban J connectivity index is 1.68. The summed E-state index contributed by atoms with van der Waals surface area (Å²) in [6, 6.07) is 10.6. The third-order valence-electron chi connectivity index (χ3n) is 2.69. The third-order valence-corrected chi connectivity index (χ3v) is 4.04. The van der Waals surface area contributed by atoms with E-state index in [0.29, 0.717) is 10.8 Å².